The van der Waals surface area contributed by atoms with Gasteiger partial charge in [0.05, 0.1) is 0 Å². The summed E-state index contributed by atoms with van der Waals surface area (Å²) < 4.78 is 16.4. The van der Waals surface area contributed by atoms with Gasteiger partial charge in [0.2, 0.25) is 0 Å². The second kappa shape index (κ2) is 5.31. The quantitative estimate of drug-likeness (QED) is 0.787. The summed E-state index contributed by atoms with van der Waals surface area (Å²) in [5, 5.41) is 2.85. The molecule has 0 saturated heterocycles. The van der Waals surface area contributed by atoms with Gasteiger partial charge in [-0.3, -0.25) is 4.79 Å². The van der Waals surface area contributed by atoms with Crippen molar-refractivity contribution in [3.8, 4) is 11.5 Å². The third-order valence-electron chi connectivity index (χ3n) is 3.56. The maximum absolute atomic E-state index is 12.4. The summed E-state index contributed by atoms with van der Waals surface area (Å²) in [6.07, 6.45) is 0. The van der Waals surface area contributed by atoms with Crippen molar-refractivity contribution in [3.05, 3.63) is 47.9 Å². The van der Waals surface area contributed by atoms with Crippen molar-refractivity contribution in [3.63, 3.8) is 0 Å². The fourth-order valence-corrected chi connectivity index (χ4v) is 2.51. The number of anilines is 1. The van der Waals surface area contributed by atoms with Crippen LogP contribution in [-0.2, 0) is 0 Å². The number of hydrogen-bond donors (Lipinski definition) is 1. The number of fused-ring (bicyclic) bond motifs is 2. The monoisotopic (exact) mass is 310 g/mol. The zero-order chi connectivity index (χ0) is 15.8. The van der Waals surface area contributed by atoms with Gasteiger partial charge in [-0.1, -0.05) is 0 Å². The van der Waals surface area contributed by atoms with Gasteiger partial charge >= 0.3 is 0 Å². The van der Waals surface area contributed by atoms with Gasteiger partial charge in [-0.05, 0) is 30.3 Å². The fraction of sp³-hybridized carbons (Fsp3) is 0.176. The number of hydrogen-bond acceptors (Lipinski definition) is 5. The summed E-state index contributed by atoms with van der Waals surface area (Å²) in [4.78, 5) is 16.6. The Morgan fingerprint density at radius 2 is 1.91 bits per heavy atom. The van der Waals surface area contributed by atoms with Crippen molar-refractivity contribution < 1.29 is 18.7 Å². The van der Waals surface area contributed by atoms with Crippen LogP contribution in [0.4, 0.5) is 5.69 Å². The number of ether oxygens (including phenoxy) is 2. The fourth-order valence-electron chi connectivity index (χ4n) is 2.51. The van der Waals surface area contributed by atoms with Gasteiger partial charge in [-0.2, -0.15) is 0 Å². The maximum Gasteiger partial charge on any atom is 0.255 e. The molecule has 116 valence electrons. The largest absolute Gasteiger partial charge is 0.486 e. The van der Waals surface area contributed by atoms with Gasteiger partial charge in [-0.25, -0.2) is 4.98 Å². The Bertz CT molecular complexity index is 901. The van der Waals surface area contributed by atoms with Gasteiger partial charge in [0.1, 0.15) is 18.7 Å². The van der Waals surface area contributed by atoms with E-state index >= 15 is 0 Å². The first-order valence-electron chi connectivity index (χ1n) is 7.27. The second-order valence-electron chi connectivity index (χ2n) is 5.23. The van der Waals surface area contributed by atoms with E-state index in [0.717, 1.165) is 0 Å². The number of oxazole rings is 1. The van der Waals surface area contributed by atoms with Crippen LogP contribution in [-0.4, -0.2) is 24.1 Å². The standard InChI is InChI=1S/C17H14N2O4/c1-10-18-13-8-11(2-4-14(13)23-10)17(20)19-12-3-5-15-16(9-12)22-7-6-21-15/h2-5,8-9H,6-7H2,1H3,(H,19,20). The molecule has 0 aliphatic carbocycles. The normalized spacial score (nSPS) is 13.1. The molecule has 6 nitrogen and oxygen atoms in total. The second-order valence-corrected chi connectivity index (χ2v) is 5.23. The van der Waals surface area contributed by atoms with Crippen molar-refractivity contribution >= 4 is 22.7 Å². The van der Waals surface area contributed by atoms with Gasteiger partial charge in [-0.15, -0.1) is 0 Å². The average molecular weight is 310 g/mol. The van der Waals surface area contributed by atoms with Gasteiger partial charge in [0, 0.05) is 24.2 Å². The molecule has 0 fully saturated rings. The molecule has 1 amide bonds. The molecular weight excluding hydrogens is 296 g/mol. The number of aromatic nitrogens is 1. The Labute approximate surface area is 132 Å². The highest BCUT2D eigenvalue weighted by Crippen LogP contribution is 2.32. The van der Waals surface area contributed by atoms with E-state index in [1.165, 1.54) is 0 Å². The van der Waals surface area contributed by atoms with Crippen molar-refractivity contribution in [2.24, 2.45) is 0 Å². The smallest absolute Gasteiger partial charge is 0.255 e. The molecule has 4 rings (SSSR count). The minimum atomic E-state index is -0.218. The van der Waals surface area contributed by atoms with Crippen molar-refractivity contribution in [1.29, 1.82) is 0 Å². The molecule has 3 aromatic rings. The molecule has 6 heteroatoms. The predicted octanol–water partition coefficient (Wildman–Crippen LogP) is 3.16. The molecule has 1 aliphatic heterocycles. The predicted molar refractivity (Wildman–Crippen MR) is 84.1 cm³/mol. The van der Waals surface area contributed by atoms with Crippen LogP contribution >= 0.6 is 0 Å². The van der Waals surface area contributed by atoms with Crippen LogP contribution in [0.25, 0.3) is 11.1 Å². The van der Waals surface area contributed by atoms with E-state index < -0.39 is 0 Å². The molecule has 2 aromatic carbocycles. The number of carbonyl (C=O) groups is 1. The maximum atomic E-state index is 12.4. The molecule has 0 atom stereocenters. The molecule has 1 N–H and O–H groups in total. The van der Waals surface area contributed by atoms with Gasteiger partial charge < -0.3 is 19.2 Å². The van der Waals surface area contributed by atoms with E-state index in [-0.39, 0.29) is 5.91 Å². The van der Waals surface area contributed by atoms with E-state index in [2.05, 4.69) is 10.3 Å². The number of carbonyl (C=O) groups excluding carboxylic acids is 1. The Morgan fingerprint density at radius 3 is 2.78 bits per heavy atom. The number of rotatable bonds is 2. The van der Waals surface area contributed by atoms with E-state index in [0.29, 0.717) is 53.0 Å². The highest BCUT2D eigenvalue weighted by molar-refractivity contribution is 6.05. The van der Waals surface area contributed by atoms with Crippen LogP contribution in [0.3, 0.4) is 0 Å². The third-order valence-corrected chi connectivity index (χ3v) is 3.56. The van der Waals surface area contributed by atoms with Crippen LogP contribution in [0, 0.1) is 6.92 Å². The first-order chi connectivity index (χ1) is 11.2. The Kier molecular flexibility index (Phi) is 3.15. The van der Waals surface area contributed by atoms with E-state index in [1.54, 1.807) is 43.3 Å². The first kappa shape index (κ1) is 13.6. The van der Waals surface area contributed by atoms with E-state index in [9.17, 15) is 4.79 Å². The molecule has 1 aromatic heterocycles. The SMILES string of the molecule is Cc1nc2cc(C(=O)Nc3ccc4c(c3)OCCO4)ccc2o1. The minimum Gasteiger partial charge on any atom is -0.486 e. The summed E-state index contributed by atoms with van der Waals surface area (Å²) in [5.41, 5.74) is 2.49. The summed E-state index contributed by atoms with van der Waals surface area (Å²) in [6.45, 7) is 2.82. The molecule has 23 heavy (non-hydrogen) atoms. The Hall–Kier alpha value is -3.02. The third kappa shape index (κ3) is 2.59. The number of nitrogens with zero attached hydrogens (tertiary/aromatic N) is 1. The van der Waals surface area contributed by atoms with Gasteiger partial charge in [0.25, 0.3) is 5.91 Å². The highest BCUT2D eigenvalue weighted by atomic mass is 16.6. The zero-order valence-corrected chi connectivity index (χ0v) is 12.5. The summed E-state index contributed by atoms with van der Waals surface area (Å²) in [6, 6.07) is 10.5. The number of amides is 1. The lowest BCUT2D eigenvalue weighted by molar-refractivity contribution is 0.102. The molecule has 0 bridgehead atoms. The van der Waals surface area contributed by atoms with E-state index in [1.807, 2.05) is 0 Å². The first-order valence-corrected chi connectivity index (χ1v) is 7.27. The molecule has 1 aliphatic rings. The minimum absolute atomic E-state index is 0.218. The highest BCUT2D eigenvalue weighted by Gasteiger charge is 2.14. The van der Waals surface area contributed by atoms with Crippen LogP contribution in [0.5, 0.6) is 11.5 Å². The molecule has 0 saturated carbocycles. The van der Waals surface area contributed by atoms with Gasteiger partial charge in [0.15, 0.2) is 23.0 Å². The molecule has 0 spiro atoms. The summed E-state index contributed by atoms with van der Waals surface area (Å²) >= 11 is 0. The lowest BCUT2D eigenvalue weighted by atomic mass is 10.2. The number of benzene rings is 2. The van der Waals surface area contributed by atoms with Crippen molar-refractivity contribution in [2.45, 2.75) is 6.92 Å². The van der Waals surface area contributed by atoms with Crippen LogP contribution < -0.4 is 14.8 Å². The average Bonchev–Trinajstić information content (AvgIpc) is 2.93. The lowest BCUT2D eigenvalue weighted by Gasteiger charge is -2.19. The summed E-state index contributed by atoms with van der Waals surface area (Å²) in [7, 11) is 0. The molecule has 0 unspecified atom stereocenters. The molecular formula is C17H14N2O4. The molecule has 0 radical (unpaired) electrons. The number of nitrogens with one attached hydrogen (secondary N) is 1. The lowest BCUT2D eigenvalue weighted by Crippen LogP contribution is -2.16. The van der Waals surface area contributed by atoms with Crippen LogP contribution in [0.2, 0.25) is 0 Å². The molecule has 2 heterocycles. The van der Waals surface area contributed by atoms with Crippen molar-refractivity contribution in [2.75, 3.05) is 18.5 Å². The van der Waals surface area contributed by atoms with Crippen LogP contribution in [0.15, 0.2) is 40.8 Å². The van der Waals surface area contributed by atoms with E-state index in [4.69, 9.17) is 13.9 Å². The summed E-state index contributed by atoms with van der Waals surface area (Å²) in [5.74, 6) is 1.68. The Balaban J connectivity index is 1.58. The van der Waals surface area contributed by atoms with Crippen LogP contribution in [0.1, 0.15) is 16.2 Å². The Morgan fingerprint density at radius 1 is 1.09 bits per heavy atom. The van der Waals surface area contributed by atoms with Crippen molar-refractivity contribution in [1.82, 2.24) is 4.98 Å². The zero-order valence-electron chi connectivity index (χ0n) is 12.5. The topological polar surface area (TPSA) is 73.6 Å². The number of aryl methyl sites for hydroxylation is 1.